The van der Waals surface area contributed by atoms with Crippen LogP contribution in [-0.2, 0) is 6.61 Å². The van der Waals surface area contributed by atoms with E-state index in [1.807, 2.05) is 44.2 Å². The highest BCUT2D eigenvalue weighted by molar-refractivity contribution is 5.95. The molecule has 1 heterocycles. The average molecular weight is 472 g/mol. The zero-order valence-electron chi connectivity index (χ0n) is 21.5. The summed E-state index contributed by atoms with van der Waals surface area (Å²) in [5, 5.41) is 26.0. The molecule has 6 heteroatoms. The number of aliphatic imine (C=N–C) groups is 1. The van der Waals surface area contributed by atoms with Crippen LogP contribution in [0.25, 0.3) is 0 Å². The van der Waals surface area contributed by atoms with Crippen LogP contribution in [0.1, 0.15) is 71.9 Å². The molecule has 190 valence electrons. The van der Waals surface area contributed by atoms with Gasteiger partial charge in [-0.1, -0.05) is 69.2 Å². The van der Waals surface area contributed by atoms with Crippen molar-refractivity contribution in [1.82, 2.24) is 9.97 Å². The summed E-state index contributed by atoms with van der Waals surface area (Å²) in [6.45, 7) is 8.56. The molecule has 0 aliphatic carbocycles. The minimum Gasteiger partial charge on any atom is -0.396 e. The Bertz CT molecular complexity index is 693. The number of unbranched alkanes of at least 4 members (excludes halogenated alkanes) is 2. The normalized spacial score (nSPS) is 12.3. The smallest absolute Gasteiger partial charge is 0.0868 e. The summed E-state index contributed by atoms with van der Waals surface area (Å²) < 4.78 is 0. The Balaban J connectivity index is 0. The number of rotatable bonds is 13. The molecule has 0 aromatic carbocycles. The van der Waals surface area contributed by atoms with E-state index < -0.39 is 0 Å². The maximum absolute atomic E-state index is 8.79. The molecule has 0 aliphatic rings. The maximum atomic E-state index is 8.79. The Morgan fingerprint density at radius 2 is 1.59 bits per heavy atom. The standard InChI is InChI=1S/C12H20O.C11H19NO.C5H6N2O/c1-3-5-7-9-12(10-11-13)8-6-4-2;1-3-5-6-7-11(8-10-13)12-9-4-2;8-4-5-3-6-1-2-7-5/h4,6-9,13H,3,5,10-11H2,1-2H3;4,6-7,9,13H,3,5,8,10H2,1-2H3;1-3,8H,4H2/b6-4-,9-7+,12-8+;7-6+,9-4-,12-11-;. The van der Waals surface area contributed by atoms with Crippen molar-refractivity contribution in [2.45, 2.75) is 72.8 Å². The molecule has 1 aromatic rings. The van der Waals surface area contributed by atoms with E-state index in [0.29, 0.717) is 12.1 Å². The van der Waals surface area contributed by atoms with Crippen LogP contribution in [0.4, 0.5) is 0 Å². The van der Waals surface area contributed by atoms with E-state index in [4.69, 9.17) is 15.3 Å². The first-order valence-electron chi connectivity index (χ1n) is 12.0. The summed E-state index contributed by atoms with van der Waals surface area (Å²) in [6.07, 6.45) is 28.5. The Hall–Kier alpha value is -2.67. The fraction of sp³-hybridized carbons (Fsp3) is 0.464. The van der Waals surface area contributed by atoms with Crippen molar-refractivity contribution in [1.29, 1.82) is 0 Å². The van der Waals surface area contributed by atoms with Crippen LogP contribution in [0, 0.1) is 0 Å². The molecular formula is C28H45N3O3. The van der Waals surface area contributed by atoms with Gasteiger partial charge in [-0.25, -0.2) is 0 Å². The summed E-state index contributed by atoms with van der Waals surface area (Å²) in [4.78, 5) is 11.7. The number of hydrogen-bond donors (Lipinski definition) is 3. The van der Waals surface area contributed by atoms with Crippen LogP contribution in [-0.4, -0.2) is 44.2 Å². The van der Waals surface area contributed by atoms with Gasteiger partial charge in [0, 0.05) is 43.9 Å². The van der Waals surface area contributed by atoms with E-state index in [9.17, 15) is 0 Å². The van der Waals surface area contributed by atoms with E-state index in [2.05, 4.69) is 47.0 Å². The van der Waals surface area contributed by atoms with Gasteiger partial charge in [-0.3, -0.25) is 15.0 Å². The van der Waals surface area contributed by atoms with Gasteiger partial charge in [0.2, 0.25) is 0 Å². The predicted molar refractivity (Wildman–Crippen MR) is 145 cm³/mol. The molecule has 0 aliphatic heterocycles. The van der Waals surface area contributed by atoms with Crippen LogP contribution in [0.3, 0.4) is 0 Å². The zero-order chi connectivity index (χ0) is 25.7. The third kappa shape index (κ3) is 24.0. The summed E-state index contributed by atoms with van der Waals surface area (Å²) in [6, 6.07) is 0. The first-order chi connectivity index (χ1) is 16.6. The van der Waals surface area contributed by atoms with E-state index in [0.717, 1.165) is 31.4 Å². The molecular weight excluding hydrogens is 426 g/mol. The number of aromatic nitrogens is 2. The Morgan fingerprint density at radius 1 is 0.912 bits per heavy atom. The van der Waals surface area contributed by atoms with Gasteiger partial charge in [0.1, 0.15) is 0 Å². The highest BCUT2D eigenvalue weighted by atomic mass is 16.3. The summed E-state index contributed by atoms with van der Waals surface area (Å²) >= 11 is 0. The van der Waals surface area contributed by atoms with Crippen LogP contribution < -0.4 is 0 Å². The maximum Gasteiger partial charge on any atom is 0.0868 e. The third-order valence-electron chi connectivity index (χ3n) is 3.99. The molecule has 0 spiro atoms. The first-order valence-corrected chi connectivity index (χ1v) is 12.0. The number of aliphatic hydroxyl groups is 3. The van der Waals surface area contributed by atoms with Crippen LogP contribution in [0.5, 0.6) is 0 Å². The predicted octanol–water partition coefficient (Wildman–Crippen LogP) is 5.90. The van der Waals surface area contributed by atoms with Crippen molar-refractivity contribution in [3.8, 4) is 0 Å². The molecule has 0 unspecified atom stereocenters. The lowest BCUT2D eigenvalue weighted by atomic mass is 10.1. The lowest BCUT2D eigenvalue weighted by Crippen LogP contribution is -1.96. The van der Waals surface area contributed by atoms with Crippen LogP contribution in [0.2, 0.25) is 0 Å². The number of allylic oxidation sites excluding steroid dienone is 8. The van der Waals surface area contributed by atoms with Crippen molar-refractivity contribution >= 4 is 5.71 Å². The molecule has 0 fully saturated rings. The van der Waals surface area contributed by atoms with Gasteiger partial charge in [0.15, 0.2) is 0 Å². The Labute approximate surface area is 206 Å². The molecule has 1 rings (SSSR count). The minimum absolute atomic E-state index is 0.0339. The topological polar surface area (TPSA) is 98.8 Å². The second kappa shape index (κ2) is 28.4. The van der Waals surface area contributed by atoms with E-state index >= 15 is 0 Å². The van der Waals surface area contributed by atoms with Gasteiger partial charge in [-0.15, -0.1) is 0 Å². The molecule has 0 saturated carbocycles. The number of hydrogen-bond acceptors (Lipinski definition) is 6. The summed E-state index contributed by atoms with van der Waals surface area (Å²) in [5.74, 6) is 0. The van der Waals surface area contributed by atoms with Crippen molar-refractivity contribution < 1.29 is 15.3 Å². The van der Waals surface area contributed by atoms with Crippen LogP contribution in [0.15, 0.2) is 84.0 Å². The van der Waals surface area contributed by atoms with Gasteiger partial charge in [-0.05, 0) is 44.8 Å². The first kappa shape index (κ1) is 33.5. The van der Waals surface area contributed by atoms with Gasteiger partial charge in [0.25, 0.3) is 0 Å². The number of nitrogens with zero attached hydrogens (tertiary/aromatic N) is 3. The molecule has 0 amide bonds. The van der Waals surface area contributed by atoms with Crippen molar-refractivity contribution in [3.63, 3.8) is 0 Å². The average Bonchev–Trinajstić information content (AvgIpc) is 2.87. The second-order valence-electron chi connectivity index (χ2n) is 7.05. The van der Waals surface area contributed by atoms with E-state index in [-0.39, 0.29) is 19.8 Å². The van der Waals surface area contributed by atoms with E-state index in [1.165, 1.54) is 18.2 Å². The molecule has 34 heavy (non-hydrogen) atoms. The van der Waals surface area contributed by atoms with Crippen molar-refractivity contribution in [2.24, 2.45) is 4.99 Å². The lowest BCUT2D eigenvalue weighted by molar-refractivity contribution is 0.276. The van der Waals surface area contributed by atoms with Crippen LogP contribution >= 0.6 is 0 Å². The Kier molecular flexibility index (Phi) is 27.9. The number of aliphatic hydroxyl groups excluding tert-OH is 3. The van der Waals surface area contributed by atoms with Gasteiger partial charge < -0.3 is 15.3 Å². The summed E-state index contributed by atoms with van der Waals surface area (Å²) in [7, 11) is 0. The lowest BCUT2D eigenvalue weighted by Gasteiger charge is -1.96. The van der Waals surface area contributed by atoms with Gasteiger partial charge >= 0.3 is 0 Å². The fourth-order valence-electron chi connectivity index (χ4n) is 2.25. The molecule has 0 atom stereocenters. The van der Waals surface area contributed by atoms with Crippen molar-refractivity contribution in [2.75, 3.05) is 13.2 Å². The molecule has 0 saturated heterocycles. The second-order valence-corrected chi connectivity index (χ2v) is 7.05. The highest BCUT2D eigenvalue weighted by Gasteiger charge is 1.90. The SMILES string of the molecule is C\C=C/C=C(\C=C\CCC)CCO.C\C=C/N=C(/C=C/CCC)CCO.OCc1cnccn1. The zero-order valence-corrected chi connectivity index (χ0v) is 21.5. The molecule has 6 nitrogen and oxygen atoms in total. The molecule has 1 aromatic heterocycles. The molecule has 0 radical (unpaired) electrons. The quantitative estimate of drug-likeness (QED) is 0.246. The largest absolute Gasteiger partial charge is 0.396 e. The monoisotopic (exact) mass is 471 g/mol. The fourth-order valence-corrected chi connectivity index (χ4v) is 2.25. The third-order valence-corrected chi connectivity index (χ3v) is 3.99. The van der Waals surface area contributed by atoms with Crippen molar-refractivity contribution in [3.05, 3.63) is 84.7 Å². The Morgan fingerprint density at radius 3 is 2.06 bits per heavy atom. The highest BCUT2D eigenvalue weighted by Crippen LogP contribution is 2.04. The van der Waals surface area contributed by atoms with Gasteiger partial charge in [0.05, 0.1) is 18.5 Å². The minimum atomic E-state index is -0.0339. The summed E-state index contributed by atoms with van der Waals surface area (Å²) in [5.41, 5.74) is 2.73. The molecule has 3 N–H and O–H groups in total. The van der Waals surface area contributed by atoms with Gasteiger partial charge in [-0.2, -0.15) is 0 Å². The molecule has 0 bridgehead atoms. The van der Waals surface area contributed by atoms with E-state index in [1.54, 1.807) is 18.6 Å².